The zero-order valence-corrected chi connectivity index (χ0v) is 14.7. The molecule has 0 spiro atoms. The third kappa shape index (κ3) is 4.96. The van der Waals surface area contributed by atoms with Gasteiger partial charge in [-0.1, -0.05) is 13.5 Å². The molecular formula is C17H27F3O4. The van der Waals surface area contributed by atoms with Crippen LogP contribution in [0, 0.1) is 5.92 Å². The van der Waals surface area contributed by atoms with Crippen molar-refractivity contribution in [3.8, 4) is 0 Å². The van der Waals surface area contributed by atoms with Gasteiger partial charge in [0.15, 0.2) is 5.60 Å². The second-order valence-electron chi connectivity index (χ2n) is 6.99. The first-order chi connectivity index (χ1) is 10.8. The molecule has 0 radical (unpaired) electrons. The SMILES string of the molecule is C=C(C)C(=O)OC(C)C1CCC(CC)(OCC(C)(O)C(F)(F)F)C1. The first-order valence-corrected chi connectivity index (χ1v) is 8.13. The van der Waals surface area contributed by atoms with Gasteiger partial charge in [-0.25, -0.2) is 4.79 Å². The average Bonchev–Trinajstić information content (AvgIpc) is 2.89. The van der Waals surface area contributed by atoms with E-state index in [-0.39, 0.29) is 12.0 Å². The van der Waals surface area contributed by atoms with Crippen molar-refractivity contribution in [2.75, 3.05) is 6.61 Å². The largest absolute Gasteiger partial charge is 0.459 e. The van der Waals surface area contributed by atoms with Crippen molar-refractivity contribution in [2.24, 2.45) is 5.92 Å². The van der Waals surface area contributed by atoms with E-state index in [2.05, 4.69) is 6.58 Å². The van der Waals surface area contributed by atoms with E-state index in [1.807, 2.05) is 6.92 Å². The molecule has 1 aliphatic carbocycles. The Morgan fingerprint density at radius 1 is 1.46 bits per heavy atom. The van der Waals surface area contributed by atoms with Crippen LogP contribution < -0.4 is 0 Å². The zero-order valence-electron chi connectivity index (χ0n) is 14.7. The molecule has 24 heavy (non-hydrogen) atoms. The molecule has 0 aliphatic heterocycles. The number of alkyl halides is 3. The fourth-order valence-corrected chi connectivity index (χ4v) is 2.83. The van der Waals surface area contributed by atoms with Gasteiger partial charge >= 0.3 is 12.1 Å². The fourth-order valence-electron chi connectivity index (χ4n) is 2.83. The highest BCUT2D eigenvalue weighted by Crippen LogP contribution is 2.43. The number of aliphatic hydroxyl groups is 1. The van der Waals surface area contributed by atoms with Crippen molar-refractivity contribution >= 4 is 5.97 Å². The van der Waals surface area contributed by atoms with Gasteiger partial charge < -0.3 is 14.6 Å². The van der Waals surface area contributed by atoms with Crippen LogP contribution in [0.2, 0.25) is 0 Å². The highest BCUT2D eigenvalue weighted by Gasteiger charge is 2.52. The van der Waals surface area contributed by atoms with Gasteiger partial charge in [0.1, 0.15) is 6.10 Å². The van der Waals surface area contributed by atoms with Crippen LogP contribution in [-0.2, 0) is 14.3 Å². The van der Waals surface area contributed by atoms with Gasteiger partial charge in [0.05, 0.1) is 12.2 Å². The van der Waals surface area contributed by atoms with E-state index in [1.54, 1.807) is 13.8 Å². The summed E-state index contributed by atoms with van der Waals surface area (Å²) in [5.74, 6) is -0.471. The Bertz CT molecular complexity index is 473. The second kappa shape index (κ2) is 7.44. The number of ether oxygens (including phenoxy) is 2. The lowest BCUT2D eigenvalue weighted by atomic mass is 9.94. The molecule has 0 saturated heterocycles. The number of carbonyl (C=O) groups is 1. The first kappa shape index (κ1) is 21.0. The van der Waals surface area contributed by atoms with E-state index in [0.717, 1.165) is 0 Å². The van der Waals surface area contributed by atoms with Crippen LogP contribution in [0.1, 0.15) is 53.4 Å². The molecule has 1 N–H and O–H groups in total. The van der Waals surface area contributed by atoms with Crippen molar-refractivity contribution in [3.05, 3.63) is 12.2 Å². The molecule has 0 bridgehead atoms. The lowest BCUT2D eigenvalue weighted by Crippen LogP contribution is -2.48. The molecule has 0 heterocycles. The van der Waals surface area contributed by atoms with Gasteiger partial charge in [0, 0.05) is 5.57 Å². The minimum Gasteiger partial charge on any atom is -0.459 e. The van der Waals surface area contributed by atoms with Gasteiger partial charge in [0.25, 0.3) is 0 Å². The molecule has 1 fully saturated rings. The Kier molecular flexibility index (Phi) is 6.49. The molecule has 4 atom stereocenters. The van der Waals surface area contributed by atoms with Gasteiger partial charge in [-0.3, -0.25) is 0 Å². The van der Waals surface area contributed by atoms with Gasteiger partial charge in [-0.05, 0) is 52.4 Å². The molecule has 140 valence electrons. The predicted molar refractivity (Wildman–Crippen MR) is 83.4 cm³/mol. The van der Waals surface area contributed by atoms with Crippen molar-refractivity contribution < 1.29 is 32.5 Å². The normalized spacial score (nSPS) is 28.2. The molecule has 0 aromatic rings. The molecule has 0 amide bonds. The topological polar surface area (TPSA) is 55.8 Å². The van der Waals surface area contributed by atoms with Crippen molar-refractivity contribution in [1.82, 2.24) is 0 Å². The quantitative estimate of drug-likeness (QED) is 0.560. The minimum atomic E-state index is -4.75. The summed E-state index contributed by atoms with van der Waals surface area (Å²) in [5.41, 5.74) is -3.31. The number of halogens is 3. The van der Waals surface area contributed by atoms with Crippen molar-refractivity contribution in [2.45, 2.75) is 76.9 Å². The predicted octanol–water partition coefficient (Wildman–Crippen LogP) is 3.77. The Morgan fingerprint density at radius 2 is 2.04 bits per heavy atom. The minimum absolute atomic E-state index is 0.00378. The fraction of sp³-hybridized carbons (Fsp3) is 0.824. The molecule has 1 saturated carbocycles. The number of carbonyl (C=O) groups excluding carboxylic acids is 1. The van der Waals surface area contributed by atoms with E-state index in [0.29, 0.717) is 38.2 Å². The summed E-state index contributed by atoms with van der Waals surface area (Å²) in [6.45, 7) is 8.59. The third-order valence-electron chi connectivity index (χ3n) is 4.82. The van der Waals surface area contributed by atoms with Gasteiger partial charge in [-0.2, -0.15) is 13.2 Å². The number of esters is 1. The summed E-state index contributed by atoms with van der Waals surface area (Å²) in [7, 11) is 0. The highest BCUT2D eigenvalue weighted by atomic mass is 19.4. The van der Waals surface area contributed by atoms with Gasteiger partial charge in [-0.15, -0.1) is 0 Å². The summed E-state index contributed by atoms with van der Waals surface area (Å²) < 4.78 is 49.1. The van der Waals surface area contributed by atoms with Crippen LogP contribution in [0.15, 0.2) is 12.2 Å². The second-order valence-corrected chi connectivity index (χ2v) is 6.99. The average molecular weight is 352 g/mol. The highest BCUT2D eigenvalue weighted by molar-refractivity contribution is 5.87. The van der Waals surface area contributed by atoms with E-state index < -0.39 is 30.0 Å². The van der Waals surface area contributed by atoms with E-state index in [1.165, 1.54) is 0 Å². The van der Waals surface area contributed by atoms with Crippen molar-refractivity contribution in [1.29, 1.82) is 0 Å². The molecule has 1 rings (SSSR count). The maximum absolute atomic E-state index is 12.8. The molecule has 7 heteroatoms. The van der Waals surface area contributed by atoms with E-state index in [9.17, 15) is 23.1 Å². The van der Waals surface area contributed by atoms with E-state index in [4.69, 9.17) is 9.47 Å². The summed E-state index contributed by atoms with van der Waals surface area (Å²) in [6, 6.07) is 0. The Morgan fingerprint density at radius 3 is 2.50 bits per heavy atom. The Hall–Kier alpha value is -1.08. The van der Waals surface area contributed by atoms with Crippen LogP contribution in [0.25, 0.3) is 0 Å². The lowest BCUT2D eigenvalue weighted by Gasteiger charge is -2.34. The number of hydrogen-bond acceptors (Lipinski definition) is 4. The summed E-state index contributed by atoms with van der Waals surface area (Å²) in [4.78, 5) is 11.6. The third-order valence-corrected chi connectivity index (χ3v) is 4.82. The maximum Gasteiger partial charge on any atom is 0.419 e. The molecule has 0 aromatic carbocycles. The first-order valence-electron chi connectivity index (χ1n) is 8.13. The lowest BCUT2D eigenvalue weighted by molar-refractivity contribution is -0.277. The van der Waals surface area contributed by atoms with Crippen LogP contribution >= 0.6 is 0 Å². The molecular weight excluding hydrogens is 325 g/mol. The smallest absolute Gasteiger partial charge is 0.419 e. The molecule has 4 nitrogen and oxygen atoms in total. The summed E-state index contributed by atoms with van der Waals surface area (Å²) >= 11 is 0. The number of rotatable bonds is 7. The summed E-state index contributed by atoms with van der Waals surface area (Å²) in [5, 5.41) is 9.55. The van der Waals surface area contributed by atoms with E-state index >= 15 is 0 Å². The van der Waals surface area contributed by atoms with Crippen LogP contribution in [0.5, 0.6) is 0 Å². The molecule has 4 unspecified atom stereocenters. The zero-order chi connectivity index (χ0) is 18.8. The van der Waals surface area contributed by atoms with Crippen molar-refractivity contribution in [3.63, 3.8) is 0 Å². The molecule has 0 aromatic heterocycles. The Balaban J connectivity index is 2.68. The van der Waals surface area contributed by atoms with Crippen LogP contribution in [-0.4, -0.2) is 41.2 Å². The van der Waals surface area contributed by atoms with Gasteiger partial charge in [0.2, 0.25) is 0 Å². The molecule has 1 aliphatic rings. The maximum atomic E-state index is 12.8. The monoisotopic (exact) mass is 352 g/mol. The Labute approximate surface area is 141 Å². The van der Waals surface area contributed by atoms with Crippen LogP contribution in [0.4, 0.5) is 13.2 Å². The number of hydrogen-bond donors (Lipinski definition) is 1. The standard InChI is InChI=1S/C17H27F3O4/c1-6-16(23-10-15(5,22)17(18,19)20)8-7-13(9-16)12(4)24-14(21)11(2)3/h12-13,22H,2,6-10H2,1,3-5H3. The van der Waals surface area contributed by atoms with Crippen LogP contribution in [0.3, 0.4) is 0 Å². The summed E-state index contributed by atoms with van der Waals surface area (Å²) in [6.07, 6.45) is -2.84.